The molecule has 4 rings (SSSR count). The van der Waals surface area contributed by atoms with Gasteiger partial charge in [0.05, 0.1) is 5.69 Å². The third-order valence-corrected chi connectivity index (χ3v) is 5.41. The second-order valence-corrected chi connectivity index (χ2v) is 7.71. The van der Waals surface area contributed by atoms with Gasteiger partial charge in [0.2, 0.25) is 0 Å². The number of ether oxygens (including phenoxy) is 2. The minimum absolute atomic E-state index is 0.0644. The van der Waals surface area contributed by atoms with Gasteiger partial charge >= 0.3 is 0 Å². The van der Waals surface area contributed by atoms with Gasteiger partial charge in [0.1, 0.15) is 6.61 Å². The lowest BCUT2D eigenvalue weighted by Crippen LogP contribution is -2.30. The van der Waals surface area contributed by atoms with Gasteiger partial charge in [0, 0.05) is 12.6 Å². The number of unbranched alkanes of at least 4 members (excludes halogenated alkanes) is 2. The van der Waals surface area contributed by atoms with E-state index in [9.17, 15) is 4.79 Å². The number of nitrogens with one attached hydrogen (secondary N) is 1. The van der Waals surface area contributed by atoms with Crippen LogP contribution < -0.4 is 14.4 Å². The quantitative estimate of drug-likeness (QED) is 0.420. The molecule has 166 valence electrons. The predicted octanol–water partition coefficient (Wildman–Crippen LogP) is 4.34. The molecule has 0 aliphatic carbocycles. The van der Waals surface area contributed by atoms with Gasteiger partial charge in [-0.1, -0.05) is 56.2 Å². The predicted molar refractivity (Wildman–Crippen MR) is 121 cm³/mol. The van der Waals surface area contributed by atoms with Crippen LogP contribution in [-0.2, 0) is 4.79 Å². The number of carbonyl (C=O) groups excluding carboxylic acids is 1. The number of rotatable bonds is 8. The molecule has 0 radical (unpaired) electrons. The van der Waals surface area contributed by atoms with Crippen LogP contribution in [0.3, 0.4) is 0 Å². The number of tetrazole rings is 1. The van der Waals surface area contributed by atoms with Gasteiger partial charge in [-0.15, -0.1) is 5.10 Å². The Morgan fingerprint density at radius 2 is 2.03 bits per heavy atom. The van der Waals surface area contributed by atoms with E-state index in [0.717, 1.165) is 30.4 Å². The number of para-hydroxylation sites is 1. The van der Waals surface area contributed by atoms with Gasteiger partial charge in [-0.3, -0.25) is 4.79 Å². The summed E-state index contributed by atoms with van der Waals surface area (Å²) in [6.07, 6.45) is 5.34. The Balaban J connectivity index is 1.62. The number of H-pyrrole nitrogens is 1. The average molecular weight is 434 g/mol. The van der Waals surface area contributed by atoms with Crippen molar-refractivity contribution in [2.75, 3.05) is 18.6 Å². The minimum Gasteiger partial charge on any atom is -0.485 e. The van der Waals surface area contributed by atoms with Crippen LogP contribution in [0, 0.1) is 0 Å². The molecule has 8 nitrogen and oxygen atoms in total. The second-order valence-electron chi connectivity index (χ2n) is 7.71. The summed E-state index contributed by atoms with van der Waals surface area (Å²) >= 11 is 0. The van der Waals surface area contributed by atoms with Crippen molar-refractivity contribution >= 4 is 17.7 Å². The van der Waals surface area contributed by atoms with Crippen molar-refractivity contribution in [3.8, 4) is 11.5 Å². The third-order valence-electron chi connectivity index (χ3n) is 5.41. The molecule has 0 bridgehead atoms. The summed E-state index contributed by atoms with van der Waals surface area (Å²) in [5.41, 5.74) is 2.41. The summed E-state index contributed by atoms with van der Waals surface area (Å²) in [5.74, 6) is 1.50. The molecule has 1 N–H and O–H groups in total. The molecule has 0 spiro atoms. The van der Waals surface area contributed by atoms with Gasteiger partial charge in [0.15, 0.2) is 23.4 Å². The number of hydrogen-bond donors (Lipinski definition) is 1. The van der Waals surface area contributed by atoms with Crippen molar-refractivity contribution in [1.82, 2.24) is 20.6 Å². The van der Waals surface area contributed by atoms with E-state index in [4.69, 9.17) is 9.47 Å². The number of aromatic nitrogens is 4. The minimum atomic E-state index is -0.481. The number of likely N-dealkylation sites (N-methyl/N-ethyl adjacent to an activating group) is 1. The number of nitrogens with zero attached hydrogens (tertiary/aromatic N) is 4. The fourth-order valence-corrected chi connectivity index (χ4v) is 3.66. The average Bonchev–Trinajstić information content (AvgIpc) is 3.38. The van der Waals surface area contributed by atoms with E-state index in [1.807, 2.05) is 54.6 Å². The zero-order valence-electron chi connectivity index (χ0n) is 18.3. The molecular weight excluding hydrogens is 406 g/mol. The van der Waals surface area contributed by atoms with E-state index in [0.29, 0.717) is 29.4 Å². The first kappa shape index (κ1) is 21.5. The molecule has 8 heteroatoms. The summed E-state index contributed by atoms with van der Waals surface area (Å²) in [6.45, 7) is 2.43. The summed E-state index contributed by atoms with van der Waals surface area (Å²) in [7, 11) is 1.76. The Hall–Kier alpha value is -3.68. The summed E-state index contributed by atoms with van der Waals surface area (Å²) in [6, 6.07) is 15.5. The van der Waals surface area contributed by atoms with Crippen LogP contribution in [0.5, 0.6) is 11.5 Å². The molecule has 0 saturated carbocycles. The Morgan fingerprint density at radius 1 is 1.19 bits per heavy atom. The first-order chi connectivity index (χ1) is 15.7. The first-order valence-electron chi connectivity index (χ1n) is 10.9. The molecule has 2 aromatic carbocycles. The zero-order chi connectivity index (χ0) is 22.3. The van der Waals surface area contributed by atoms with Gasteiger partial charge in [-0.05, 0) is 47.0 Å². The maximum Gasteiger partial charge on any atom is 0.254 e. The Kier molecular flexibility index (Phi) is 6.79. The molecule has 3 aromatic rings. The van der Waals surface area contributed by atoms with Crippen molar-refractivity contribution in [2.24, 2.45) is 0 Å². The number of aromatic amines is 1. The van der Waals surface area contributed by atoms with Crippen molar-refractivity contribution in [3.05, 3.63) is 65.5 Å². The number of hydrogen-bond acceptors (Lipinski definition) is 6. The highest BCUT2D eigenvalue weighted by atomic mass is 16.6. The largest absolute Gasteiger partial charge is 0.485 e. The molecule has 1 atom stereocenters. The lowest BCUT2D eigenvalue weighted by Gasteiger charge is -2.29. The van der Waals surface area contributed by atoms with Crippen LogP contribution >= 0.6 is 0 Å². The van der Waals surface area contributed by atoms with Crippen LogP contribution in [0.4, 0.5) is 5.69 Å². The SMILES string of the molecule is CCCCCC(=Cc1ccccc1)C(=O)N(C)c1cccc2c1OC(c1nnn[nH]1)CO2. The molecule has 2 heterocycles. The molecule has 32 heavy (non-hydrogen) atoms. The fourth-order valence-electron chi connectivity index (χ4n) is 3.66. The highest BCUT2D eigenvalue weighted by Crippen LogP contribution is 2.43. The summed E-state index contributed by atoms with van der Waals surface area (Å²) < 4.78 is 12.0. The maximum atomic E-state index is 13.6. The number of fused-ring (bicyclic) bond motifs is 1. The lowest BCUT2D eigenvalue weighted by atomic mass is 10.0. The standard InChI is InChI=1S/C24H27N5O3/c1-3-4-6-12-18(15-17-10-7-5-8-11-17)24(30)29(2)19-13-9-14-20-22(19)32-21(16-31-20)23-25-27-28-26-23/h5,7-11,13-15,21H,3-4,6,12,16H2,1-2H3,(H,25,26,27,28). The number of anilines is 1. The van der Waals surface area contributed by atoms with E-state index >= 15 is 0 Å². The van der Waals surface area contributed by atoms with E-state index in [-0.39, 0.29) is 12.5 Å². The zero-order valence-corrected chi connectivity index (χ0v) is 18.3. The van der Waals surface area contributed by atoms with E-state index in [1.54, 1.807) is 11.9 Å². The highest BCUT2D eigenvalue weighted by molar-refractivity contribution is 6.08. The van der Waals surface area contributed by atoms with Gasteiger partial charge in [-0.2, -0.15) is 0 Å². The van der Waals surface area contributed by atoms with Gasteiger partial charge in [-0.25, -0.2) is 5.10 Å². The van der Waals surface area contributed by atoms with Crippen LogP contribution in [0.15, 0.2) is 54.1 Å². The highest BCUT2D eigenvalue weighted by Gasteiger charge is 2.30. The van der Waals surface area contributed by atoms with Crippen LogP contribution in [0.2, 0.25) is 0 Å². The molecule has 1 aromatic heterocycles. The summed E-state index contributed by atoms with van der Waals surface area (Å²) in [4.78, 5) is 15.2. The van der Waals surface area contributed by atoms with Gasteiger partial charge < -0.3 is 14.4 Å². The summed E-state index contributed by atoms with van der Waals surface area (Å²) in [5, 5.41) is 13.9. The van der Waals surface area contributed by atoms with Crippen LogP contribution in [0.25, 0.3) is 6.08 Å². The Bertz CT molecular complexity index is 1070. The van der Waals surface area contributed by atoms with Gasteiger partial charge in [0.25, 0.3) is 5.91 Å². The van der Waals surface area contributed by atoms with E-state index in [2.05, 4.69) is 27.5 Å². The number of carbonyl (C=O) groups is 1. The van der Waals surface area contributed by atoms with Crippen LogP contribution in [0.1, 0.15) is 50.1 Å². The monoisotopic (exact) mass is 433 g/mol. The van der Waals surface area contributed by atoms with Crippen molar-refractivity contribution in [3.63, 3.8) is 0 Å². The molecule has 1 aliphatic heterocycles. The molecular formula is C24H27N5O3. The topological polar surface area (TPSA) is 93.2 Å². The van der Waals surface area contributed by atoms with Crippen molar-refractivity contribution < 1.29 is 14.3 Å². The van der Waals surface area contributed by atoms with E-state index in [1.165, 1.54) is 0 Å². The fraction of sp³-hybridized carbons (Fsp3) is 0.333. The normalized spacial score (nSPS) is 15.4. The number of benzene rings is 2. The Labute approximate surface area is 187 Å². The van der Waals surface area contributed by atoms with Crippen molar-refractivity contribution in [2.45, 2.75) is 38.7 Å². The molecule has 1 unspecified atom stereocenters. The van der Waals surface area contributed by atoms with Crippen molar-refractivity contribution in [1.29, 1.82) is 0 Å². The number of amides is 1. The van der Waals surface area contributed by atoms with Crippen LogP contribution in [-0.4, -0.2) is 40.2 Å². The first-order valence-corrected chi connectivity index (χ1v) is 10.9. The smallest absolute Gasteiger partial charge is 0.254 e. The Morgan fingerprint density at radius 3 is 2.78 bits per heavy atom. The molecule has 1 amide bonds. The maximum absolute atomic E-state index is 13.6. The molecule has 1 aliphatic rings. The molecule has 0 fully saturated rings. The van der Waals surface area contributed by atoms with E-state index < -0.39 is 6.10 Å². The lowest BCUT2D eigenvalue weighted by molar-refractivity contribution is -0.115. The third kappa shape index (κ3) is 4.80. The second kappa shape index (κ2) is 10.1. The molecule has 0 saturated heterocycles.